The predicted molar refractivity (Wildman–Crippen MR) is 90.2 cm³/mol. The summed E-state index contributed by atoms with van der Waals surface area (Å²) in [5.41, 5.74) is 1.49. The molecule has 1 heterocycles. The van der Waals surface area contributed by atoms with Crippen LogP contribution in [-0.2, 0) is 6.54 Å². The summed E-state index contributed by atoms with van der Waals surface area (Å²) in [4.78, 5) is 2.74. The molecule has 0 spiro atoms. The van der Waals surface area contributed by atoms with Gasteiger partial charge in [-0.25, -0.2) is 0 Å². The maximum atomic E-state index is 2.74. The van der Waals surface area contributed by atoms with E-state index >= 15 is 0 Å². The second kappa shape index (κ2) is 7.45. The molecule has 2 fully saturated rings. The van der Waals surface area contributed by atoms with Gasteiger partial charge in [0.05, 0.1) is 0 Å². The molecule has 1 saturated heterocycles. The average Bonchev–Trinajstić information content (AvgIpc) is 2.78. The summed E-state index contributed by atoms with van der Waals surface area (Å²) in [6.45, 7) is 6.18. The van der Waals surface area contributed by atoms with E-state index < -0.39 is 0 Å². The molecule has 0 aromatic heterocycles. The molecule has 2 unspecified atom stereocenters. The molecule has 1 aliphatic carbocycles. The first-order valence-electron chi connectivity index (χ1n) is 9.09. The van der Waals surface area contributed by atoms with Crippen LogP contribution >= 0.6 is 0 Å². The fourth-order valence-corrected chi connectivity index (χ4v) is 4.58. The summed E-state index contributed by atoms with van der Waals surface area (Å²) in [5.74, 6) is 2.95. The molecular weight excluding hydrogens is 254 g/mol. The van der Waals surface area contributed by atoms with Crippen LogP contribution < -0.4 is 0 Å². The SMILES string of the molecule is CCCCC1CC2CCC(C1)CN(Cc1ccccc1)C2. The minimum Gasteiger partial charge on any atom is -0.299 e. The highest BCUT2D eigenvalue weighted by Gasteiger charge is 2.31. The van der Waals surface area contributed by atoms with Crippen LogP contribution in [0.25, 0.3) is 0 Å². The predicted octanol–water partition coefficient (Wildman–Crippen LogP) is 5.12. The first-order chi connectivity index (χ1) is 10.3. The van der Waals surface area contributed by atoms with Gasteiger partial charge in [-0.15, -0.1) is 0 Å². The summed E-state index contributed by atoms with van der Waals surface area (Å²) in [6.07, 6.45) is 10.3. The van der Waals surface area contributed by atoms with Gasteiger partial charge in [0.2, 0.25) is 0 Å². The third kappa shape index (κ3) is 4.32. The third-order valence-electron chi connectivity index (χ3n) is 5.56. The Morgan fingerprint density at radius 3 is 2.29 bits per heavy atom. The summed E-state index contributed by atoms with van der Waals surface area (Å²) in [5, 5.41) is 0. The Bertz CT molecular complexity index is 397. The van der Waals surface area contributed by atoms with E-state index in [4.69, 9.17) is 0 Å². The van der Waals surface area contributed by atoms with Gasteiger partial charge in [-0.1, -0.05) is 56.5 Å². The lowest BCUT2D eigenvalue weighted by molar-refractivity contribution is 0.161. The molecule has 0 amide bonds. The van der Waals surface area contributed by atoms with Crippen molar-refractivity contribution in [3.63, 3.8) is 0 Å². The Morgan fingerprint density at radius 2 is 1.67 bits per heavy atom. The van der Waals surface area contributed by atoms with Crippen LogP contribution in [0.2, 0.25) is 0 Å². The van der Waals surface area contributed by atoms with Crippen molar-refractivity contribution in [2.75, 3.05) is 13.1 Å². The molecule has 3 rings (SSSR count). The van der Waals surface area contributed by atoms with E-state index in [0.29, 0.717) is 0 Å². The normalized spacial score (nSPS) is 30.0. The lowest BCUT2D eigenvalue weighted by Crippen LogP contribution is -2.34. The van der Waals surface area contributed by atoms with Gasteiger partial charge in [0.1, 0.15) is 0 Å². The highest BCUT2D eigenvalue weighted by Crippen LogP contribution is 2.38. The van der Waals surface area contributed by atoms with Crippen LogP contribution in [0, 0.1) is 17.8 Å². The van der Waals surface area contributed by atoms with Crippen molar-refractivity contribution in [1.29, 1.82) is 0 Å². The Morgan fingerprint density at radius 1 is 1.00 bits per heavy atom. The number of benzene rings is 1. The van der Waals surface area contributed by atoms with Crippen LogP contribution in [-0.4, -0.2) is 18.0 Å². The largest absolute Gasteiger partial charge is 0.299 e. The number of rotatable bonds is 5. The van der Waals surface area contributed by atoms with Crippen molar-refractivity contribution >= 4 is 0 Å². The van der Waals surface area contributed by atoms with Gasteiger partial charge in [-0.05, 0) is 49.0 Å². The fraction of sp³-hybridized carbons (Fsp3) is 0.700. The standard InChI is InChI=1S/C20H31N/c1-2-3-7-18-12-19-10-11-20(13-18)16-21(15-19)14-17-8-5-4-6-9-17/h4-6,8-9,18-20H,2-3,7,10-16H2,1H3. The molecule has 0 N–H and O–H groups in total. The fourth-order valence-electron chi connectivity index (χ4n) is 4.58. The Labute approximate surface area is 130 Å². The van der Waals surface area contributed by atoms with Gasteiger partial charge < -0.3 is 0 Å². The number of likely N-dealkylation sites (tertiary alicyclic amines) is 1. The molecule has 0 radical (unpaired) electrons. The van der Waals surface area contributed by atoms with Gasteiger partial charge >= 0.3 is 0 Å². The Balaban J connectivity index is 1.60. The lowest BCUT2D eigenvalue weighted by Gasteiger charge is -2.32. The van der Waals surface area contributed by atoms with Crippen molar-refractivity contribution in [2.24, 2.45) is 17.8 Å². The lowest BCUT2D eigenvalue weighted by atomic mass is 9.85. The minimum atomic E-state index is 0.961. The van der Waals surface area contributed by atoms with E-state index in [0.717, 1.165) is 24.3 Å². The first-order valence-corrected chi connectivity index (χ1v) is 9.09. The Hall–Kier alpha value is -0.820. The maximum absolute atomic E-state index is 2.74. The molecule has 1 aliphatic heterocycles. The minimum absolute atomic E-state index is 0.961. The average molecular weight is 285 g/mol. The summed E-state index contributed by atoms with van der Waals surface area (Å²) in [7, 11) is 0. The molecule has 1 heteroatoms. The molecule has 21 heavy (non-hydrogen) atoms. The van der Waals surface area contributed by atoms with Gasteiger partial charge in [-0.2, -0.15) is 0 Å². The van der Waals surface area contributed by atoms with E-state index in [9.17, 15) is 0 Å². The molecule has 2 atom stereocenters. The summed E-state index contributed by atoms with van der Waals surface area (Å²) >= 11 is 0. The van der Waals surface area contributed by atoms with Crippen molar-refractivity contribution in [1.82, 2.24) is 4.90 Å². The molecule has 116 valence electrons. The molecule has 1 aromatic rings. The highest BCUT2D eigenvalue weighted by atomic mass is 15.1. The number of hydrogen-bond acceptors (Lipinski definition) is 1. The zero-order valence-corrected chi connectivity index (χ0v) is 13.6. The smallest absolute Gasteiger partial charge is 0.0233 e. The summed E-state index contributed by atoms with van der Waals surface area (Å²) < 4.78 is 0. The quantitative estimate of drug-likeness (QED) is 0.726. The first kappa shape index (κ1) is 15.1. The van der Waals surface area contributed by atoms with Crippen molar-refractivity contribution in [2.45, 2.75) is 58.4 Å². The zero-order valence-electron chi connectivity index (χ0n) is 13.6. The van der Waals surface area contributed by atoms with Crippen LogP contribution in [0.3, 0.4) is 0 Å². The van der Waals surface area contributed by atoms with E-state index in [-0.39, 0.29) is 0 Å². The molecular formula is C20H31N. The monoisotopic (exact) mass is 285 g/mol. The maximum Gasteiger partial charge on any atom is 0.0233 e. The molecule has 1 saturated carbocycles. The van der Waals surface area contributed by atoms with E-state index in [1.54, 1.807) is 0 Å². The number of unbranched alkanes of at least 4 members (excludes halogenated alkanes) is 1. The highest BCUT2D eigenvalue weighted by molar-refractivity contribution is 5.14. The molecule has 1 aromatic carbocycles. The van der Waals surface area contributed by atoms with Crippen molar-refractivity contribution in [3.8, 4) is 0 Å². The van der Waals surface area contributed by atoms with Gasteiger partial charge in [0.15, 0.2) is 0 Å². The van der Waals surface area contributed by atoms with Crippen LogP contribution in [0.5, 0.6) is 0 Å². The number of hydrogen-bond donors (Lipinski definition) is 0. The van der Waals surface area contributed by atoms with E-state index in [2.05, 4.69) is 42.2 Å². The second-order valence-corrected chi connectivity index (χ2v) is 7.47. The van der Waals surface area contributed by atoms with Gasteiger partial charge in [-0.3, -0.25) is 4.90 Å². The topological polar surface area (TPSA) is 3.24 Å². The number of fused-ring (bicyclic) bond motifs is 3. The second-order valence-electron chi connectivity index (χ2n) is 7.47. The van der Waals surface area contributed by atoms with Crippen LogP contribution in [0.15, 0.2) is 30.3 Å². The van der Waals surface area contributed by atoms with Crippen LogP contribution in [0.1, 0.15) is 57.4 Å². The van der Waals surface area contributed by atoms with Crippen molar-refractivity contribution < 1.29 is 0 Å². The van der Waals surface area contributed by atoms with Crippen molar-refractivity contribution in [3.05, 3.63) is 35.9 Å². The number of nitrogens with zero attached hydrogens (tertiary/aromatic N) is 1. The van der Waals surface area contributed by atoms with E-state index in [1.807, 2.05) is 0 Å². The molecule has 1 nitrogen and oxygen atoms in total. The molecule has 2 bridgehead atoms. The van der Waals surface area contributed by atoms with Gasteiger partial charge in [0.25, 0.3) is 0 Å². The zero-order chi connectivity index (χ0) is 14.5. The van der Waals surface area contributed by atoms with E-state index in [1.165, 1.54) is 63.6 Å². The molecule has 2 aliphatic rings. The Kier molecular flexibility index (Phi) is 5.35. The summed E-state index contributed by atoms with van der Waals surface area (Å²) in [6, 6.07) is 11.0. The van der Waals surface area contributed by atoms with Crippen LogP contribution in [0.4, 0.5) is 0 Å². The van der Waals surface area contributed by atoms with Gasteiger partial charge in [0, 0.05) is 19.6 Å². The third-order valence-corrected chi connectivity index (χ3v) is 5.56.